The van der Waals surface area contributed by atoms with Crippen molar-refractivity contribution in [2.45, 2.75) is 124 Å². The van der Waals surface area contributed by atoms with Crippen LogP contribution in [0.15, 0.2) is 18.2 Å². The summed E-state index contributed by atoms with van der Waals surface area (Å²) in [6.07, 6.45) is 20.2. The number of carbonyl (C=O) groups is 1. The lowest BCUT2D eigenvalue weighted by Crippen LogP contribution is -1.93. The molecular weight excluding hydrogens is 380 g/mol. The highest BCUT2D eigenvalue weighted by Crippen LogP contribution is 2.14. The fourth-order valence-corrected chi connectivity index (χ4v) is 3.91. The second-order valence-electron chi connectivity index (χ2n) is 8.40. The third-order valence-corrected chi connectivity index (χ3v) is 5.40. The lowest BCUT2D eigenvalue weighted by atomic mass is 10.0. The Hall–Kier alpha value is -1.02. The lowest BCUT2D eigenvalue weighted by molar-refractivity contribution is -0.137. The van der Waals surface area contributed by atoms with Gasteiger partial charge >= 0.3 is 5.97 Å². The van der Waals surface area contributed by atoms with Crippen LogP contribution in [-0.4, -0.2) is 11.1 Å². The van der Waals surface area contributed by atoms with Crippen molar-refractivity contribution >= 4 is 17.6 Å². The van der Waals surface area contributed by atoms with Crippen LogP contribution in [0.25, 0.3) is 0 Å². The Balaban J connectivity index is 0.000000717. The van der Waals surface area contributed by atoms with Gasteiger partial charge in [-0.3, -0.25) is 4.79 Å². The molecule has 0 atom stereocenters. The van der Waals surface area contributed by atoms with Crippen LogP contribution in [0.4, 0.5) is 0 Å². The summed E-state index contributed by atoms with van der Waals surface area (Å²) in [4.78, 5) is 10.3. The van der Waals surface area contributed by atoms with E-state index >= 15 is 0 Å². The number of hydrogen-bond acceptors (Lipinski definition) is 1. The standard InChI is InChI=1S/C18H36O2.C8H9Cl/c1-2-3-4-5-6-7-8-9-10-11-12-13-14-15-16-17-18(19)20;1-6-3-7(2)5-8(9)4-6/h2-17H2,1H3,(H,19,20);3-5H,1-2H3. The van der Waals surface area contributed by atoms with E-state index < -0.39 is 5.97 Å². The minimum absolute atomic E-state index is 0.345. The Bertz CT molecular complexity index is 463. The van der Waals surface area contributed by atoms with Gasteiger partial charge in [0.2, 0.25) is 0 Å². The van der Waals surface area contributed by atoms with Gasteiger partial charge in [-0.1, -0.05) is 114 Å². The third-order valence-electron chi connectivity index (χ3n) is 5.18. The molecule has 0 fully saturated rings. The molecule has 0 heterocycles. The SMILES string of the molecule is CCCCCCCCCCCCCCCCCC(=O)O.Cc1cc(C)cc(Cl)c1. The van der Waals surface area contributed by atoms with Crippen molar-refractivity contribution in [1.82, 2.24) is 0 Å². The van der Waals surface area contributed by atoms with E-state index in [2.05, 4.69) is 13.0 Å². The molecule has 0 spiro atoms. The van der Waals surface area contributed by atoms with Crippen molar-refractivity contribution in [2.24, 2.45) is 0 Å². The summed E-state index contributed by atoms with van der Waals surface area (Å²) in [5, 5.41) is 9.34. The first-order valence-corrected chi connectivity index (χ1v) is 12.3. The maximum Gasteiger partial charge on any atom is 0.303 e. The van der Waals surface area contributed by atoms with Gasteiger partial charge in [-0.25, -0.2) is 0 Å². The predicted molar refractivity (Wildman–Crippen MR) is 128 cm³/mol. The first kappa shape index (κ1) is 28.0. The molecule has 1 rings (SSSR count). The number of carboxylic acid groups (broad SMARTS) is 1. The molecule has 0 aliphatic rings. The van der Waals surface area contributed by atoms with E-state index in [-0.39, 0.29) is 0 Å². The van der Waals surface area contributed by atoms with E-state index in [0.717, 1.165) is 17.9 Å². The Morgan fingerprint density at radius 1 is 0.690 bits per heavy atom. The average Bonchev–Trinajstić information content (AvgIpc) is 2.64. The number of benzene rings is 1. The van der Waals surface area contributed by atoms with Gasteiger partial charge in [0.1, 0.15) is 0 Å². The zero-order chi connectivity index (χ0) is 21.7. The molecule has 1 aromatic carbocycles. The van der Waals surface area contributed by atoms with E-state index in [1.54, 1.807) is 0 Å². The highest BCUT2D eigenvalue weighted by atomic mass is 35.5. The molecule has 0 aliphatic heterocycles. The van der Waals surface area contributed by atoms with Crippen LogP contribution in [0.3, 0.4) is 0 Å². The molecule has 0 aromatic heterocycles. The minimum atomic E-state index is -0.653. The van der Waals surface area contributed by atoms with Crippen LogP contribution >= 0.6 is 11.6 Å². The number of unbranched alkanes of at least 4 members (excludes halogenated alkanes) is 14. The summed E-state index contributed by atoms with van der Waals surface area (Å²) in [6.45, 7) is 6.35. The van der Waals surface area contributed by atoms with Gasteiger partial charge in [0.25, 0.3) is 0 Å². The van der Waals surface area contributed by atoms with Gasteiger partial charge in [0.15, 0.2) is 0 Å². The molecule has 0 unspecified atom stereocenters. The van der Waals surface area contributed by atoms with Crippen LogP contribution in [0.5, 0.6) is 0 Å². The van der Waals surface area contributed by atoms with Gasteiger partial charge < -0.3 is 5.11 Å². The van der Waals surface area contributed by atoms with Crippen LogP contribution in [0.2, 0.25) is 5.02 Å². The average molecular weight is 425 g/mol. The van der Waals surface area contributed by atoms with E-state index in [1.807, 2.05) is 26.0 Å². The quantitative estimate of drug-likeness (QED) is 0.268. The molecule has 0 amide bonds. The van der Waals surface area contributed by atoms with Crippen molar-refractivity contribution in [3.8, 4) is 0 Å². The normalized spacial score (nSPS) is 10.5. The summed E-state index contributed by atoms with van der Waals surface area (Å²) in [5.74, 6) is -0.653. The zero-order valence-corrected chi connectivity index (χ0v) is 20.0. The second-order valence-corrected chi connectivity index (χ2v) is 8.84. The molecule has 3 heteroatoms. The topological polar surface area (TPSA) is 37.3 Å². The fourth-order valence-electron chi connectivity index (χ4n) is 3.57. The molecular formula is C26H45ClO2. The maximum atomic E-state index is 10.3. The number of rotatable bonds is 16. The highest BCUT2D eigenvalue weighted by Gasteiger charge is 1.97. The van der Waals surface area contributed by atoms with E-state index in [1.165, 1.54) is 94.6 Å². The number of aryl methyl sites for hydroxylation is 2. The first-order chi connectivity index (χ1) is 14.0. The minimum Gasteiger partial charge on any atom is -0.481 e. The number of aliphatic carboxylic acids is 1. The largest absolute Gasteiger partial charge is 0.481 e. The molecule has 0 saturated carbocycles. The molecule has 168 valence electrons. The molecule has 0 saturated heterocycles. The van der Waals surface area contributed by atoms with Crippen molar-refractivity contribution in [3.05, 3.63) is 34.3 Å². The van der Waals surface area contributed by atoms with Gasteiger partial charge in [0, 0.05) is 11.4 Å². The molecule has 0 bridgehead atoms. The first-order valence-electron chi connectivity index (χ1n) is 11.9. The molecule has 1 aromatic rings. The molecule has 29 heavy (non-hydrogen) atoms. The summed E-state index contributed by atoms with van der Waals surface area (Å²) in [6, 6.07) is 6.01. The lowest BCUT2D eigenvalue weighted by Gasteiger charge is -2.03. The Kier molecular flexibility index (Phi) is 19.5. The van der Waals surface area contributed by atoms with Crippen LogP contribution in [0.1, 0.15) is 121 Å². The van der Waals surface area contributed by atoms with Gasteiger partial charge in [-0.05, 0) is 43.5 Å². The summed E-state index contributed by atoms with van der Waals surface area (Å²) in [5.41, 5.74) is 2.44. The fraction of sp³-hybridized carbons (Fsp3) is 0.731. The predicted octanol–water partition coefficient (Wildman–Crippen LogP) is 9.29. The van der Waals surface area contributed by atoms with Crippen molar-refractivity contribution in [3.63, 3.8) is 0 Å². The van der Waals surface area contributed by atoms with E-state index in [0.29, 0.717) is 6.42 Å². The number of hydrogen-bond donors (Lipinski definition) is 1. The third kappa shape index (κ3) is 21.5. The smallest absolute Gasteiger partial charge is 0.303 e. The monoisotopic (exact) mass is 424 g/mol. The molecule has 0 aliphatic carbocycles. The molecule has 1 N–H and O–H groups in total. The van der Waals surface area contributed by atoms with Crippen molar-refractivity contribution in [2.75, 3.05) is 0 Å². The Morgan fingerprint density at radius 2 is 1.03 bits per heavy atom. The van der Waals surface area contributed by atoms with Crippen LogP contribution in [0, 0.1) is 13.8 Å². The Labute approximate surface area is 185 Å². The number of carboxylic acids is 1. The van der Waals surface area contributed by atoms with Gasteiger partial charge in [0.05, 0.1) is 0 Å². The zero-order valence-electron chi connectivity index (χ0n) is 19.3. The summed E-state index contributed by atoms with van der Waals surface area (Å²) < 4.78 is 0. The van der Waals surface area contributed by atoms with E-state index in [9.17, 15) is 4.79 Å². The van der Waals surface area contributed by atoms with Crippen LogP contribution < -0.4 is 0 Å². The highest BCUT2D eigenvalue weighted by molar-refractivity contribution is 6.30. The summed E-state index contributed by atoms with van der Waals surface area (Å²) in [7, 11) is 0. The second kappa shape index (κ2) is 20.3. The van der Waals surface area contributed by atoms with Crippen LogP contribution in [-0.2, 0) is 4.79 Å². The molecule has 2 nitrogen and oxygen atoms in total. The number of halogens is 1. The van der Waals surface area contributed by atoms with Gasteiger partial charge in [-0.15, -0.1) is 0 Å². The Morgan fingerprint density at radius 3 is 1.34 bits per heavy atom. The van der Waals surface area contributed by atoms with Gasteiger partial charge in [-0.2, -0.15) is 0 Å². The maximum absolute atomic E-state index is 10.3. The van der Waals surface area contributed by atoms with E-state index in [4.69, 9.17) is 16.7 Å². The molecule has 0 radical (unpaired) electrons. The van der Waals surface area contributed by atoms with Crippen molar-refractivity contribution < 1.29 is 9.90 Å². The summed E-state index contributed by atoms with van der Waals surface area (Å²) >= 11 is 5.75. The van der Waals surface area contributed by atoms with Crippen molar-refractivity contribution in [1.29, 1.82) is 0 Å².